The molecule has 3 N–H and O–H groups in total. The number of likely N-dealkylation sites (N-methyl/N-ethyl adjacent to an activating group) is 2. The molecule has 12 heteroatoms. The molecule has 0 aliphatic carbocycles. The highest BCUT2D eigenvalue weighted by molar-refractivity contribution is 5.89. The predicted octanol–water partition coefficient (Wildman–Crippen LogP) is 4.26. The number of fused-ring (bicyclic) bond motifs is 4. The molecule has 45 heavy (non-hydrogen) atoms. The number of nitrogens with two attached hydrogens (primary N) is 1. The topological polar surface area (TPSA) is 149 Å². The van der Waals surface area contributed by atoms with E-state index in [4.69, 9.17) is 24.9 Å². The third-order valence-corrected chi connectivity index (χ3v) is 7.97. The maximum atomic E-state index is 13.7. The maximum absolute atomic E-state index is 13.7. The zero-order valence-electron chi connectivity index (χ0n) is 25.8. The van der Waals surface area contributed by atoms with Gasteiger partial charge in [-0.25, -0.2) is 14.6 Å². The van der Waals surface area contributed by atoms with Gasteiger partial charge >= 0.3 is 12.2 Å². The molecule has 2 aromatic carbocycles. The number of benzene rings is 2. The highest BCUT2D eigenvalue weighted by atomic mass is 16.6. The summed E-state index contributed by atoms with van der Waals surface area (Å²) in [5.74, 6) is 0.157. The quantitative estimate of drug-likeness (QED) is 0.220. The van der Waals surface area contributed by atoms with Crippen molar-refractivity contribution in [1.29, 1.82) is 0 Å². The standard InChI is InChI=1S/C33H37N5O7/c1-5-24-25-15-23(39)10-11-28(25)35-30-26(24)16-38-29(30)14-21(27(19-43-4)31(38)40)18-45-33(42)37(3)13-12-36(2)32(41)44-17-20-6-8-22(34)9-7-20/h6-11,14-15,39H,5,12-13,16-19,34H2,1-4H3. The Morgan fingerprint density at radius 3 is 2.27 bits per heavy atom. The van der Waals surface area contributed by atoms with Crippen molar-refractivity contribution in [2.45, 2.75) is 39.7 Å². The second kappa shape index (κ2) is 13.3. The van der Waals surface area contributed by atoms with Gasteiger partial charge in [-0.05, 0) is 53.9 Å². The molecular weight excluding hydrogens is 578 g/mol. The Bertz CT molecular complexity index is 1800. The van der Waals surface area contributed by atoms with E-state index >= 15 is 0 Å². The number of rotatable bonds is 10. The number of hydrogen-bond donors (Lipinski definition) is 2. The largest absolute Gasteiger partial charge is 0.508 e. The van der Waals surface area contributed by atoms with Gasteiger partial charge < -0.3 is 39.4 Å². The van der Waals surface area contributed by atoms with Crippen molar-refractivity contribution >= 4 is 28.8 Å². The molecule has 0 atom stereocenters. The third kappa shape index (κ3) is 6.55. The zero-order chi connectivity index (χ0) is 32.2. The number of pyridine rings is 2. The first-order valence-corrected chi connectivity index (χ1v) is 14.6. The van der Waals surface area contributed by atoms with Gasteiger partial charge in [0.15, 0.2) is 0 Å². The molecule has 2 aromatic heterocycles. The lowest BCUT2D eigenvalue weighted by molar-refractivity contribution is 0.0891. The second-order valence-electron chi connectivity index (χ2n) is 11.0. The number of aryl methyl sites for hydroxylation is 1. The molecule has 0 radical (unpaired) electrons. The van der Waals surface area contributed by atoms with Crippen LogP contribution in [0.3, 0.4) is 0 Å². The minimum Gasteiger partial charge on any atom is -0.508 e. The minimum absolute atomic E-state index is 0.0470. The number of phenols is 1. The Morgan fingerprint density at radius 2 is 1.62 bits per heavy atom. The molecule has 1 aliphatic rings. The molecule has 0 saturated carbocycles. The van der Waals surface area contributed by atoms with Gasteiger partial charge in [-0.15, -0.1) is 0 Å². The summed E-state index contributed by atoms with van der Waals surface area (Å²) in [5, 5.41) is 10.9. The van der Waals surface area contributed by atoms with Gasteiger partial charge in [0.1, 0.15) is 19.0 Å². The number of amides is 2. The van der Waals surface area contributed by atoms with Crippen LogP contribution in [0.4, 0.5) is 15.3 Å². The van der Waals surface area contributed by atoms with E-state index in [0.717, 1.165) is 27.6 Å². The van der Waals surface area contributed by atoms with E-state index in [9.17, 15) is 19.5 Å². The lowest BCUT2D eigenvalue weighted by Crippen LogP contribution is -2.37. The summed E-state index contributed by atoms with van der Waals surface area (Å²) in [7, 11) is 4.66. The molecule has 0 spiro atoms. The molecule has 236 valence electrons. The van der Waals surface area contributed by atoms with Gasteiger partial charge in [0.25, 0.3) is 5.56 Å². The monoisotopic (exact) mass is 615 g/mol. The Morgan fingerprint density at radius 1 is 0.956 bits per heavy atom. The molecule has 4 aromatic rings. The first-order valence-electron chi connectivity index (χ1n) is 14.6. The highest BCUT2D eigenvalue weighted by Gasteiger charge is 2.28. The number of ether oxygens (including phenoxy) is 3. The summed E-state index contributed by atoms with van der Waals surface area (Å²) in [6.45, 7) is 2.79. The average Bonchev–Trinajstić information content (AvgIpc) is 3.40. The number of nitrogen functional groups attached to an aromatic ring is 1. The first kappa shape index (κ1) is 31.3. The normalized spacial score (nSPS) is 11.6. The summed E-state index contributed by atoms with van der Waals surface area (Å²) >= 11 is 0. The number of aromatic hydroxyl groups is 1. The van der Waals surface area contributed by atoms with E-state index in [1.165, 1.54) is 16.9 Å². The smallest absolute Gasteiger partial charge is 0.409 e. The lowest BCUT2D eigenvalue weighted by atomic mass is 9.98. The molecule has 0 unspecified atom stereocenters. The number of phenolic OH excluding ortho intramolecular Hbond substituents is 1. The van der Waals surface area contributed by atoms with Crippen LogP contribution in [-0.2, 0) is 47.0 Å². The van der Waals surface area contributed by atoms with E-state index in [-0.39, 0.29) is 44.2 Å². The van der Waals surface area contributed by atoms with Crippen LogP contribution in [0.25, 0.3) is 22.3 Å². The fourth-order valence-corrected chi connectivity index (χ4v) is 5.42. The molecule has 3 heterocycles. The van der Waals surface area contributed by atoms with E-state index in [1.807, 2.05) is 13.0 Å². The van der Waals surface area contributed by atoms with Gasteiger partial charge in [0, 0.05) is 62.1 Å². The van der Waals surface area contributed by atoms with E-state index < -0.39 is 12.2 Å². The number of carbonyl (C=O) groups is 2. The van der Waals surface area contributed by atoms with Crippen LogP contribution in [0.1, 0.15) is 34.7 Å². The van der Waals surface area contributed by atoms with Crippen molar-refractivity contribution in [3.05, 3.63) is 86.7 Å². The number of hydrogen-bond acceptors (Lipinski definition) is 9. The highest BCUT2D eigenvalue weighted by Crippen LogP contribution is 2.37. The average molecular weight is 616 g/mol. The van der Waals surface area contributed by atoms with Crippen molar-refractivity contribution in [3.63, 3.8) is 0 Å². The molecule has 0 bridgehead atoms. The SMILES string of the molecule is CCc1c2c(nc3ccc(O)cc13)-c1cc(COC(=O)N(C)CCN(C)C(=O)OCc3ccc(N)cc3)c(COC)c(=O)n1C2. The Hall–Kier alpha value is -5.10. The third-order valence-electron chi connectivity index (χ3n) is 7.97. The molecular formula is C33H37N5O7. The predicted molar refractivity (Wildman–Crippen MR) is 169 cm³/mol. The van der Waals surface area contributed by atoms with Crippen LogP contribution in [0, 0.1) is 0 Å². The number of carbonyl (C=O) groups excluding carboxylic acids is 2. The summed E-state index contributed by atoms with van der Waals surface area (Å²) < 4.78 is 17.9. The van der Waals surface area contributed by atoms with E-state index in [1.54, 1.807) is 61.1 Å². The summed E-state index contributed by atoms with van der Waals surface area (Å²) in [4.78, 5) is 46.5. The molecule has 12 nitrogen and oxygen atoms in total. The van der Waals surface area contributed by atoms with Crippen LogP contribution >= 0.6 is 0 Å². The van der Waals surface area contributed by atoms with Gasteiger partial charge in [0.2, 0.25) is 0 Å². The maximum Gasteiger partial charge on any atom is 0.409 e. The fourth-order valence-electron chi connectivity index (χ4n) is 5.42. The Balaban J connectivity index is 1.27. The number of aromatic nitrogens is 2. The second-order valence-corrected chi connectivity index (χ2v) is 11.0. The molecule has 1 aliphatic heterocycles. The zero-order valence-corrected chi connectivity index (χ0v) is 25.8. The van der Waals surface area contributed by atoms with Gasteiger partial charge in [-0.3, -0.25) is 4.79 Å². The van der Waals surface area contributed by atoms with Crippen molar-refractivity contribution in [1.82, 2.24) is 19.4 Å². The van der Waals surface area contributed by atoms with Crippen LogP contribution in [0.2, 0.25) is 0 Å². The fraction of sp³-hybridized carbons (Fsp3) is 0.333. The molecule has 2 amide bonds. The summed E-state index contributed by atoms with van der Waals surface area (Å²) in [6.07, 6.45) is -0.438. The van der Waals surface area contributed by atoms with E-state index in [0.29, 0.717) is 41.2 Å². The lowest BCUT2D eigenvalue weighted by Gasteiger charge is -2.22. The van der Waals surface area contributed by atoms with Crippen molar-refractivity contribution in [2.24, 2.45) is 0 Å². The van der Waals surface area contributed by atoms with E-state index in [2.05, 4.69) is 0 Å². The summed E-state index contributed by atoms with van der Waals surface area (Å²) in [6, 6.07) is 13.9. The number of methoxy groups -OCH3 is 1. The summed E-state index contributed by atoms with van der Waals surface area (Å²) in [5.41, 5.74) is 11.8. The Labute approximate surface area is 260 Å². The van der Waals surface area contributed by atoms with Crippen LogP contribution in [-0.4, -0.2) is 70.9 Å². The first-order chi connectivity index (χ1) is 21.6. The van der Waals surface area contributed by atoms with Crippen molar-refractivity contribution in [3.8, 4) is 17.1 Å². The van der Waals surface area contributed by atoms with Crippen LogP contribution in [0.5, 0.6) is 5.75 Å². The van der Waals surface area contributed by atoms with Gasteiger partial charge in [0.05, 0.1) is 30.1 Å². The van der Waals surface area contributed by atoms with Crippen LogP contribution in [0.15, 0.2) is 53.3 Å². The minimum atomic E-state index is -0.611. The number of anilines is 1. The molecule has 0 saturated heterocycles. The van der Waals surface area contributed by atoms with Crippen molar-refractivity contribution < 1.29 is 28.9 Å². The Kier molecular flexibility index (Phi) is 9.24. The van der Waals surface area contributed by atoms with Crippen molar-refractivity contribution in [2.75, 3.05) is 40.0 Å². The van der Waals surface area contributed by atoms with Crippen LogP contribution < -0.4 is 11.3 Å². The van der Waals surface area contributed by atoms with Gasteiger partial charge in [-0.2, -0.15) is 0 Å². The molecule has 5 rings (SSSR count). The molecule has 0 fully saturated rings. The van der Waals surface area contributed by atoms with Gasteiger partial charge in [-0.1, -0.05) is 19.1 Å². The number of nitrogens with zero attached hydrogens (tertiary/aromatic N) is 4.